The zero-order valence-corrected chi connectivity index (χ0v) is 11.1. The molecule has 0 radical (unpaired) electrons. The van der Waals surface area contributed by atoms with Gasteiger partial charge in [-0.3, -0.25) is 4.79 Å². The van der Waals surface area contributed by atoms with Gasteiger partial charge in [-0.05, 0) is 27.1 Å². The van der Waals surface area contributed by atoms with Crippen molar-refractivity contribution in [2.45, 2.75) is 12.8 Å². The lowest BCUT2D eigenvalue weighted by atomic mass is 10.2. The molecule has 1 aliphatic rings. The van der Waals surface area contributed by atoms with Gasteiger partial charge in [-0.15, -0.1) is 0 Å². The van der Waals surface area contributed by atoms with Gasteiger partial charge in [-0.25, -0.2) is 0 Å². The Morgan fingerprint density at radius 2 is 2.06 bits per heavy atom. The number of ether oxygens (including phenoxy) is 1. The number of carbonyl (C=O) groups excluding carboxylic acids is 1. The second kappa shape index (κ2) is 8.44. The molecule has 5 heteroatoms. The van der Waals surface area contributed by atoms with Crippen molar-refractivity contribution >= 4 is 5.91 Å². The van der Waals surface area contributed by atoms with E-state index in [-0.39, 0.29) is 5.91 Å². The number of hydrogen-bond donors (Lipinski definition) is 1. The first kappa shape index (κ1) is 14.4. The van der Waals surface area contributed by atoms with Crippen molar-refractivity contribution in [1.29, 1.82) is 0 Å². The Bertz CT molecular complexity index is 218. The highest BCUT2D eigenvalue weighted by molar-refractivity contribution is 5.76. The van der Waals surface area contributed by atoms with E-state index in [1.165, 1.54) is 0 Å². The van der Waals surface area contributed by atoms with E-state index in [1.807, 2.05) is 11.9 Å². The summed E-state index contributed by atoms with van der Waals surface area (Å²) in [5.41, 5.74) is 0. The van der Waals surface area contributed by atoms with Gasteiger partial charge in [0, 0.05) is 32.6 Å². The first-order valence-electron chi connectivity index (χ1n) is 6.42. The number of rotatable bonds is 7. The molecule has 1 N–H and O–H groups in total. The van der Waals surface area contributed by atoms with E-state index in [0.717, 1.165) is 39.1 Å². The lowest BCUT2D eigenvalue weighted by Crippen LogP contribution is -2.40. The molecule has 0 bridgehead atoms. The Morgan fingerprint density at radius 3 is 2.71 bits per heavy atom. The molecule has 1 rings (SSSR count). The normalized spacial score (nSPS) is 16.5. The van der Waals surface area contributed by atoms with Gasteiger partial charge in [-0.2, -0.15) is 0 Å². The predicted octanol–water partition coefficient (Wildman–Crippen LogP) is -0.223. The molecule has 1 amide bonds. The third kappa shape index (κ3) is 6.00. The molecule has 1 fully saturated rings. The SMILES string of the molecule is CNCCN(C)CCCC(=O)N1CCOCC1. The third-order valence-electron chi connectivity index (χ3n) is 3.04. The highest BCUT2D eigenvalue weighted by Crippen LogP contribution is 2.02. The van der Waals surface area contributed by atoms with Crippen LogP contribution in [0, 0.1) is 0 Å². The summed E-state index contributed by atoms with van der Waals surface area (Å²) in [5, 5.41) is 3.12. The smallest absolute Gasteiger partial charge is 0.222 e. The quantitative estimate of drug-likeness (QED) is 0.671. The number of amides is 1. The van der Waals surface area contributed by atoms with Crippen LogP contribution in [0.5, 0.6) is 0 Å². The average Bonchev–Trinajstić information content (AvgIpc) is 2.37. The van der Waals surface area contributed by atoms with Crippen molar-refractivity contribution in [3.05, 3.63) is 0 Å². The fraction of sp³-hybridized carbons (Fsp3) is 0.917. The number of likely N-dealkylation sites (N-methyl/N-ethyl adjacent to an activating group) is 2. The van der Waals surface area contributed by atoms with Gasteiger partial charge in [0.2, 0.25) is 5.91 Å². The fourth-order valence-electron chi connectivity index (χ4n) is 1.89. The number of nitrogens with zero attached hydrogens (tertiary/aromatic N) is 2. The van der Waals surface area contributed by atoms with Crippen LogP contribution < -0.4 is 5.32 Å². The molecule has 0 aromatic heterocycles. The van der Waals surface area contributed by atoms with E-state index in [1.54, 1.807) is 0 Å². The Morgan fingerprint density at radius 1 is 1.35 bits per heavy atom. The molecule has 1 aliphatic heterocycles. The molecule has 1 saturated heterocycles. The summed E-state index contributed by atoms with van der Waals surface area (Å²) in [4.78, 5) is 16.0. The zero-order valence-electron chi connectivity index (χ0n) is 11.1. The average molecular weight is 243 g/mol. The first-order valence-corrected chi connectivity index (χ1v) is 6.42. The van der Waals surface area contributed by atoms with Gasteiger partial charge in [0.05, 0.1) is 13.2 Å². The highest BCUT2D eigenvalue weighted by Gasteiger charge is 2.16. The van der Waals surface area contributed by atoms with Crippen LogP contribution in [0.25, 0.3) is 0 Å². The van der Waals surface area contributed by atoms with Crippen molar-refractivity contribution in [2.75, 3.05) is 60.0 Å². The molecule has 17 heavy (non-hydrogen) atoms. The number of morpholine rings is 1. The molecule has 0 atom stereocenters. The van der Waals surface area contributed by atoms with Gasteiger partial charge in [0.25, 0.3) is 0 Å². The van der Waals surface area contributed by atoms with E-state index >= 15 is 0 Å². The molecule has 0 aliphatic carbocycles. The lowest BCUT2D eigenvalue weighted by molar-refractivity contribution is -0.135. The van der Waals surface area contributed by atoms with Crippen LogP contribution in [0.3, 0.4) is 0 Å². The molecule has 0 saturated carbocycles. The minimum Gasteiger partial charge on any atom is -0.378 e. The lowest BCUT2D eigenvalue weighted by Gasteiger charge is -2.27. The first-order chi connectivity index (χ1) is 8.24. The van der Waals surface area contributed by atoms with E-state index in [9.17, 15) is 4.79 Å². The van der Waals surface area contributed by atoms with Gasteiger partial charge >= 0.3 is 0 Å². The predicted molar refractivity (Wildman–Crippen MR) is 68.1 cm³/mol. The molecule has 0 spiro atoms. The fourth-order valence-corrected chi connectivity index (χ4v) is 1.89. The maximum atomic E-state index is 11.8. The van der Waals surface area contributed by atoms with Crippen LogP contribution in [0.4, 0.5) is 0 Å². The second-order valence-electron chi connectivity index (χ2n) is 4.50. The van der Waals surface area contributed by atoms with Crippen molar-refractivity contribution in [3.63, 3.8) is 0 Å². The number of nitrogens with one attached hydrogen (secondary N) is 1. The van der Waals surface area contributed by atoms with Crippen LogP contribution in [-0.2, 0) is 9.53 Å². The monoisotopic (exact) mass is 243 g/mol. The van der Waals surface area contributed by atoms with Gasteiger partial charge in [0.15, 0.2) is 0 Å². The van der Waals surface area contributed by atoms with Crippen LogP contribution in [0.1, 0.15) is 12.8 Å². The standard InChI is InChI=1S/C12H25N3O2/c1-13-5-7-14(2)6-3-4-12(16)15-8-10-17-11-9-15/h13H,3-11H2,1-2H3. The Hall–Kier alpha value is -0.650. The molecular formula is C12H25N3O2. The number of hydrogen-bond acceptors (Lipinski definition) is 4. The summed E-state index contributed by atoms with van der Waals surface area (Å²) in [5.74, 6) is 0.273. The van der Waals surface area contributed by atoms with Crippen LogP contribution >= 0.6 is 0 Å². The van der Waals surface area contributed by atoms with Crippen molar-refractivity contribution in [3.8, 4) is 0 Å². The van der Waals surface area contributed by atoms with Crippen LogP contribution in [0.2, 0.25) is 0 Å². The minimum absolute atomic E-state index is 0.273. The molecule has 100 valence electrons. The van der Waals surface area contributed by atoms with Gasteiger partial charge < -0.3 is 19.9 Å². The molecule has 5 nitrogen and oxygen atoms in total. The maximum absolute atomic E-state index is 11.8. The summed E-state index contributed by atoms with van der Waals surface area (Å²) >= 11 is 0. The maximum Gasteiger partial charge on any atom is 0.222 e. The summed E-state index contributed by atoms with van der Waals surface area (Å²) in [7, 11) is 4.05. The van der Waals surface area contributed by atoms with E-state index in [2.05, 4.69) is 17.3 Å². The molecule has 0 aromatic carbocycles. The second-order valence-corrected chi connectivity index (χ2v) is 4.50. The molecule has 0 unspecified atom stereocenters. The Kier molecular flexibility index (Phi) is 7.16. The van der Waals surface area contributed by atoms with Crippen molar-refractivity contribution in [2.24, 2.45) is 0 Å². The van der Waals surface area contributed by atoms with Crippen molar-refractivity contribution in [1.82, 2.24) is 15.1 Å². The molecule has 1 heterocycles. The minimum atomic E-state index is 0.273. The third-order valence-corrected chi connectivity index (χ3v) is 3.04. The summed E-state index contributed by atoms with van der Waals surface area (Å²) in [6.45, 7) is 5.90. The van der Waals surface area contributed by atoms with Crippen LogP contribution in [-0.4, -0.2) is 75.7 Å². The van der Waals surface area contributed by atoms with Crippen molar-refractivity contribution < 1.29 is 9.53 Å². The molecular weight excluding hydrogens is 218 g/mol. The van der Waals surface area contributed by atoms with Crippen LogP contribution in [0.15, 0.2) is 0 Å². The summed E-state index contributed by atoms with van der Waals surface area (Å²) in [6, 6.07) is 0. The zero-order chi connectivity index (χ0) is 12.5. The Labute approximate surface area is 104 Å². The Balaban J connectivity index is 2.06. The summed E-state index contributed by atoms with van der Waals surface area (Å²) < 4.78 is 5.23. The van der Waals surface area contributed by atoms with E-state index < -0.39 is 0 Å². The number of carbonyl (C=O) groups is 1. The largest absolute Gasteiger partial charge is 0.378 e. The van der Waals surface area contributed by atoms with Gasteiger partial charge in [0.1, 0.15) is 0 Å². The highest BCUT2D eigenvalue weighted by atomic mass is 16.5. The van der Waals surface area contributed by atoms with E-state index in [4.69, 9.17) is 4.74 Å². The van der Waals surface area contributed by atoms with Gasteiger partial charge in [-0.1, -0.05) is 0 Å². The molecule has 0 aromatic rings. The van der Waals surface area contributed by atoms with E-state index in [0.29, 0.717) is 19.6 Å². The summed E-state index contributed by atoms with van der Waals surface area (Å²) in [6.07, 6.45) is 1.60. The topological polar surface area (TPSA) is 44.8 Å².